The van der Waals surface area contributed by atoms with Crippen molar-refractivity contribution in [2.45, 2.75) is 25.2 Å². The van der Waals surface area contributed by atoms with Gasteiger partial charge in [-0.25, -0.2) is 0 Å². The number of benzene rings is 2. The molecule has 0 atom stereocenters. The van der Waals surface area contributed by atoms with Crippen LogP contribution in [0, 0.1) is 0 Å². The van der Waals surface area contributed by atoms with Gasteiger partial charge in [0.05, 0.1) is 11.1 Å². The highest BCUT2D eigenvalue weighted by Gasteiger charge is 2.38. The Morgan fingerprint density at radius 1 is 0.667 bits per heavy atom. The maximum Gasteiger partial charge on any atom is 0.417 e. The minimum atomic E-state index is -4.66. The van der Waals surface area contributed by atoms with E-state index >= 15 is 0 Å². The van der Waals surface area contributed by atoms with E-state index in [0.29, 0.717) is 31.5 Å². The van der Waals surface area contributed by atoms with E-state index in [9.17, 15) is 26.3 Å². The zero-order valence-electron chi connectivity index (χ0n) is 14.2. The lowest BCUT2D eigenvalue weighted by atomic mass is 9.84. The predicted octanol–water partition coefficient (Wildman–Crippen LogP) is 5.91. The van der Waals surface area contributed by atoms with Crippen LogP contribution in [0.4, 0.5) is 26.3 Å². The maximum absolute atomic E-state index is 13.6. The van der Waals surface area contributed by atoms with Crippen LogP contribution in [0.5, 0.6) is 0 Å². The first-order chi connectivity index (χ1) is 12.7. The fourth-order valence-electron chi connectivity index (χ4n) is 3.40. The Balaban J connectivity index is 2.32. The van der Waals surface area contributed by atoms with Crippen LogP contribution in [0.15, 0.2) is 54.1 Å². The average molecular weight is 385 g/mol. The molecule has 7 heteroatoms. The lowest BCUT2D eigenvalue weighted by Crippen LogP contribution is -2.24. The van der Waals surface area contributed by atoms with E-state index in [0.717, 1.165) is 12.1 Å². The van der Waals surface area contributed by atoms with Gasteiger partial charge < -0.3 is 5.32 Å². The summed E-state index contributed by atoms with van der Waals surface area (Å²) in [5.74, 6) is 0. The summed E-state index contributed by atoms with van der Waals surface area (Å²) in [6.07, 6.45) is -8.54. The number of piperidine rings is 1. The summed E-state index contributed by atoms with van der Waals surface area (Å²) in [7, 11) is 0. The first-order valence-corrected chi connectivity index (χ1v) is 8.45. The van der Waals surface area contributed by atoms with Crippen LogP contribution >= 0.6 is 0 Å². The van der Waals surface area contributed by atoms with Crippen LogP contribution in [-0.2, 0) is 12.4 Å². The van der Waals surface area contributed by atoms with E-state index in [1.807, 2.05) is 0 Å². The summed E-state index contributed by atoms with van der Waals surface area (Å²) in [6, 6.07) is 9.64. The monoisotopic (exact) mass is 385 g/mol. The average Bonchev–Trinajstić information content (AvgIpc) is 2.62. The van der Waals surface area contributed by atoms with Gasteiger partial charge in [0.1, 0.15) is 0 Å². The molecule has 1 heterocycles. The highest BCUT2D eigenvalue weighted by atomic mass is 19.4. The Hall–Kier alpha value is -2.28. The summed E-state index contributed by atoms with van der Waals surface area (Å²) in [5, 5.41) is 3.08. The number of rotatable bonds is 2. The number of hydrogen-bond acceptors (Lipinski definition) is 1. The highest BCUT2D eigenvalue weighted by Crippen LogP contribution is 2.43. The van der Waals surface area contributed by atoms with Crippen LogP contribution < -0.4 is 5.32 Å². The van der Waals surface area contributed by atoms with E-state index < -0.39 is 23.5 Å². The van der Waals surface area contributed by atoms with Crippen molar-refractivity contribution in [2.24, 2.45) is 0 Å². The standard InChI is InChI=1S/C20H17F6N/c21-19(22,23)16-7-3-1-5-14(16)18(13-9-11-27-12-10-13)15-6-2-4-8-17(15)20(24,25)26/h1-8,27H,9-12H2. The van der Waals surface area contributed by atoms with Gasteiger partial charge in [0.25, 0.3) is 0 Å². The molecule has 0 aromatic heterocycles. The van der Waals surface area contributed by atoms with E-state index in [4.69, 9.17) is 0 Å². The predicted molar refractivity (Wildman–Crippen MR) is 91.0 cm³/mol. The quantitative estimate of drug-likeness (QED) is 0.634. The third-order valence-electron chi connectivity index (χ3n) is 4.56. The van der Waals surface area contributed by atoms with Crippen LogP contribution in [0.25, 0.3) is 5.57 Å². The first kappa shape index (κ1) is 19.5. The fraction of sp³-hybridized carbons (Fsp3) is 0.300. The van der Waals surface area contributed by atoms with Crippen molar-refractivity contribution >= 4 is 5.57 Å². The Morgan fingerprint density at radius 3 is 1.48 bits per heavy atom. The second-order valence-corrected chi connectivity index (χ2v) is 6.32. The smallest absolute Gasteiger partial charge is 0.316 e. The topological polar surface area (TPSA) is 12.0 Å². The van der Waals surface area contributed by atoms with Gasteiger partial charge in [-0.15, -0.1) is 0 Å². The van der Waals surface area contributed by atoms with Crippen molar-refractivity contribution < 1.29 is 26.3 Å². The molecule has 0 spiro atoms. The number of hydrogen-bond donors (Lipinski definition) is 1. The molecule has 0 aliphatic carbocycles. The molecule has 1 aliphatic rings. The second-order valence-electron chi connectivity index (χ2n) is 6.32. The van der Waals surface area contributed by atoms with Crippen LogP contribution in [0.2, 0.25) is 0 Å². The minimum absolute atomic E-state index is 0.0392. The molecule has 0 radical (unpaired) electrons. The summed E-state index contributed by atoms with van der Waals surface area (Å²) in [6.45, 7) is 1.03. The van der Waals surface area contributed by atoms with E-state index in [1.54, 1.807) is 0 Å². The largest absolute Gasteiger partial charge is 0.417 e. The lowest BCUT2D eigenvalue weighted by Gasteiger charge is -2.25. The molecule has 3 rings (SSSR count). The van der Waals surface area contributed by atoms with Crippen molar-refractivity contribution in [1.29, 1.82) is 0 Å². The molecule has 0 amide bonds. The van der Waals surface area contributed by atoms with Gasteiger partial charge in [-0.05, 0) is 54.8 Å². The van der Waals surface area contributed by atoms with Gasteiger partial charge in [0, 0.05) is 0 Å². The first-order valence-electron chi connectivity index (χ1n) is 8.45. The Kier molecular flexibility index (Phi) is 5.33. The molecule has 0 saturated carbocycles. The van der Waals surface area contributed by atoms with Gasteiger partial charge >= 0.3 is 12.4 Å². The van der Waals surface area contributed by atoms with Gasteiger partial charge in [-0.1, -0.05) is 42.0 Å². The summed E-state index contributed by atoms with van der Waals surface area (Å²) >= 11 is 0. The molecule has 2 aromatic carbocycles. The Labute approximate surface area is 152 Å². The zero-order valence-corrected chi connectivity index (χ0v) is 14.2. The van der Waals surface area contributed by atoms with E-state index in [-0.39, 0.29) is 16.7 Å². The third-order valence-corrected chi connectivity index (χ3v) is 4.56. The van der Waals surface area contributed by atoms with Crippen molar-refractivity contribution in [3.8, 4) is 0 Å². The van der Waals surface area contributed by atoms with Crippen molar-refractivity contribution in [1.82, 2.24) is 5.32 Å². The third kappa shape index (κ3) is 4.18. The van der Waals surface area contributed by atoms with Crippen molar-refractivity contribution in [2.75, 3.05) is 13.1 Å². The normalized spacial score (nSPS) is 15.7. The molecule has 0 bridgehead atoms. The van der Waals surface area contributed by atoms with Gasteiger partial charge in [-0.2, -0.15) is 26.3 Å². The number of nitrogens with one attached hydrogen (secondary N) is 1. The molecule has 1 N–H and O–H groups in total. The molecule has 1 fully saturated rings. The van der Waals surface area contributed by atoms with Gasteiger partial charge in [-0.3, -0.25) is 0 Å². The molecule has 144 valence electrons. The maximum atomic E-state index is 13.6. The Bertz CT molecular complexity index is 781. The molecular formula is C20H17F6N. The molecule has 1 aliphatic heterocycles. The summed E-state index contributed by atoms with van der Waals surface area (Å²) in [5.41, 5.74) is -1.64. The van der Waals surface area contributed by atoms with E-state index in [1.165, 1.54) is 36.4 Å². The van der Waals surface area contributed by atoms with Crippen molar-refractivity contribution in [3.63, 3.8) is 0 Å². The van der Waals surface area contributed by atoms with Crippen LogP contribution in [-0.4, -0.2) is 13.1 Å². The summed E-state index contributed by atoms with van der Waals surface area (Å²) in [4.78, 5) is 0. The Morgan fingerprint density at radius 2 is 1.07 bits per heavy atom. The molecular weight excluding hydrogens is 368 g/mol. The van der Waals surface area contributed by atoms with Crippen molar-refractivity contribution in [3.05, 3.63) is 76.4 Å². The fourth-order valence-corrected chi connectivity index (χ4v) is 3.40. The number of alkyl halides is 6. The van der Waals surface area contributed by atoms with Gasteiger partial charge in [0.15, 0.2) is 0 Å². The SMILES string of the molecule is FC(F)(F)c1ccccc1C(=C1CCNCC1)c1ccccc1C(F)(F)F. The molecule has 1 nitrogen and oxygen atoms in total. The highest BCUT2D eigenvalue weighted by molar-refractivity contribution is 5.85. The lowest BCUT2D eigenvalue weighted by molar-refractivity contribution is -0.138. The van der Waals surface area contributed by atoms with Gasteiger partial charge in [0.2, 0.25) is 0 Å². The van der Waals surface area contributed by atoms with Crippen LogP contribution in [0.3, 0.4) is 0 Å². The second kappa shape index (κ2) is 7.38. The van der Waals surface area contributed by atoms with Crippen LogP contribution in [0.1, 0.15) is 35.1 Å². The molecule has 0 unspecified atom stereocenters. The number of halogens is 6. The molecule has 2 aromatic rings. The van der Waals surface area contributed by atoms with E-state index in [2.05, 4.69) is 5.32 Å². The summed E-state index contributed by atoms with van der Waals surface area (Å²) < 4.78 is 81.4. The molecule has 27 heavy (non-hydrogen) atoms. The minimum Gasteiger partial charge on any atom is -0.316 e. The zero-order chi connectivity index (χ0) is 19.7. The molecule has 1 saturated heterocycles.